The third-order valence-electron chi connectivity index (χ3n) is 3.77. The predicted octanol–water partition coefficient (Wildman–Crippen LogP) is 4.29. The minimum absolute atomic E-state index is 0.754. The Morgan fingerprint density at radius 2 is 1.90 bits per heavy atom. The number of hydrogen-bond donors (Lipinski definition) is 1. The van der Waals surface area contributed by atoms with Crippen molar-refractivity contribution in [2.24, 2.45) is 0 Å². The van der Waals surface area contributed by atoms with Gasteiger partial charge in [0.1, 0.15) is 0 Å². The number of nitrogens with one attached hydrogen (secondary N) is 1. The van der Waals surface area contributed by atoms with Crippen molar-refractivity contribution < 1.29 is 0 Å². The number of nitrogens with zero attached hydrogens (tertiary/aromatic N) is 1. The van der Waals surface area contributed by atoms with E-state index in [1.165, 1.54) is 28.8 Å². The van der Waals surface area contributed by atoms with E-state index in [1.54, 1.807) is 11.3 Å². The molecular formula is C17H21ClN2S. The molecule has 0 aliphatic heterocycles. The van der Waals surface area contributed by atoms with Crippen LogP contribution in [0.4, 0.5) is 0 Å². The lowest BCUT2D eigenvalue weighted by Gasteiger charge is -2.18. The molecule has 1 aliphatic rings. The summed E-state index contributed by atoms with van der Waals surface area (Å²) in [5.41, 5.74) is 2.83. The monoisotopic (exact) mass is 320 g/mol. The van der Waals surface area contributed by atoms with E-state index in [2.05, 4.69) is 47.6 Å². The lowest BCUT2D eigenvalue weighted by Crippen LogP contribution is -2.20. The van der Waals surface area contributed by atoms with Crippen LogP contribution < -0.4 is 5.32 Å². The first-order valence-electron chi connectivity index (χ1n) is 7.43. The van der Waals surface area contributed by atoms with Crippen LogP contribution in [0.5, 0.6) is 0 Å². The maximum atomic E-state index is 6.00. The van der Waals surface area contributed by atoms with Gasteiger partial charge in [-0.25, -0.2) is 0 Å². The van der Waals surface area contributed by atoms with E-state index < -0.39 is 0 Å². The van der Waals surface area contributed by atoms with Crippen molar-refractivity contribution >= 4 is 22.9 Å². The number of halogens is 1. The molecule has 3 rings (SSSR count). The Kier molecular flexibility index (Phi) is 4.96. The van der Waals surface area contributed by atoms with E-state index in [0.29, 0.717) is 0 Å². The molecular weight excluding hydrogens is 300 g/mol. The minimum atomic E-state index is 0.754. The van der Waals surface area contributed by atoms with Gasteiger partial charge in [0.15, 0.2) is 0 Å². The standard InChI is InChI=1S/C17H21ClN2S/c1-20(12-16-8-9-17(18)21-16)11-14-5-3-2-4-13(14)10-19-15-6-7-15/h2-5,8-9,15,19H,6-7,10-12H2,1H3. The first-order valence-corrected chi connectivity index (χ1v) is 8.63. The van der Waals surface area contributed by atoms with Crippen LogP contribution in [0.15, 0.2) is 36.4 Å². The topological polar surface area (TPSA) is 15.3 Å². The zero-order valence-electron chi connectivity index (χ0n) is 12.3. The first kappa shape index (κ1) is 15.0. The Labute approximate surface area is 135 Å². The quantitative estimate of drug-likeness (QED) is 0.819. The summed E-state index contributed by atoms with van der Waals surface area (Å²) >= 11 is 7.66. The first-order chi connectivity index (χ1) is 10.2. The molecule has 1 aromatic carbocycles. The van der Waals surface area contributed by atoms with E-state index in [-0.39, 0.29) is 0 Å². The zero-order chi connectivity index (χ0) is 14.7. The molecule has 1 aromatic heterocycles. The van der Waals surface area contributed by atoms with E-state index in [1.807, 2.05) is 6.07 Å². The van der Waals surface area contributed by atoms with Crippen molar-refractivity contribution in [3.63, 3.8) is 0 Å². The van der Waals surface area contributed by atoms with Gasteiger partial charge in [0.2, 0.25) is 0 Å². The number of hydrogen-bond acceptors (Lipinski definition) is 3. The molecule has 1 saturated carbocycles. The molecule has 0 unspecified atom stereocenters. The highest BCUT2D eigenvalue weighted by Crippen LogP contribution is 2.23. The van der Waals surface area contributed by atoms with Crippen molar-refractivity contribution in [2.75, 3.05) is 7.05 Å². The predicted molar refractivity (Wildman–Crippen MR) is 90.8 cm³/mol. The molecule has 4 heteroatoms. The molecule has 2 nitrogen and oxygen atoms in total. The average molecular weight is 321 g/mol. The van der Waals surface area contributed by atoms with Gasteiger partial charge >= 0.3 is 0 Å². The van der Waals surface area contributed by atoms with Gasteiger partial charge in [0, 0.05) is 30.6 Å². The molecule has 0 saturated heterocycles. The summed E-state index contributed by atoms with van der Waals surface area (Å²) in [4.78, 5) is 3.66. The summed E-state index contributed by atoms with van der Waals surface area (Å²) in [5.74, 6) is 0. The van der Waals surface area contributed by atoms with Crippen LogP contribution in [-0.4, -0.2) is 18.0 Å². The molecule has 0 radical (unpaired) electrons. The number of benzene rings is 1. The normalized spacial score (nSPS) is 14.8. The fraction of sp³-hybridized carbons (Fsp3) is 0.412. The molecule has 1 heterocycles. The molecule has 1 fully saturated rings. The smallest absolute Gasteiger partial charge is 0.0931 e. The summed E-state index contributed by atoms with van der Waals surface area (Å²) < 4.78 is 0.868. The van der Waals surface area contributed by atoms with Crippen molar-refractivity contribution in [1.82, 2.24) is 10.2 Å². The number of rotatable bonds is 7. The lowest BCUT2D eigenvalue weighted by atomic mass is 10.1. The fourth-order valence-corrected chi connectivity index (χ4v) is 3.64. The highest BCUT2D eigenvalue weighted by Gasteiger charge is 2.20. The van der Waals surface area contributed by atoms with Crippen LogP contribution in [0.2, 0.25) is 4.34 Å². The zero-order valence-corrected chi connectivity index (χ0v) is 13.9. The second-order valence-corrected chi connectivity index (χ2v) is 7.60. The van der Waals surface area contributed by atoms with Crippen LogP contribution >= 0.6 is 22.9 Å². The molecule has 1 aliphatic carbocycles. The second-order valence-electron chi connectivity index (χ2n) is 5.80. The molecule has 1 N–H and O–H groups in total. The van der Waals surface area contributed by atoms with Crippen molar-refractivity contribution in [3.8, 4) is 0 Å². The molecule has 0 bridgehead atoms. The summed E-state index contributed by atoms with van der Waals surface area (Å²) in [6.07, 6.45) is 2.67. The molecule has 112 valence electrons. The largest absolute Gasteiger partial charge is 0.310 e. The van der Waals surface area contributed by atoms with Crippen molar-refractivity contribution in [3.05, 3.63) is 56.7 Å². The van der Waals surface area contributed by atoms with Gasteiger partial charge in [0.25, 0.3) is 0 Å². The fourth-order valence-electron chi connectivity index (χ4n) is 2.48. The summed E-state index contributed by atoms with van der Waals surface area (Å²) in [6, 6.07) is 13.6. The molecule has 0 spiro atoms. The summed E-state index contributed by atoms with van der Waals surface area (Å²) in [7, 11) is 2.17. The van der Waals surface area contributed by atoms with Crippen LogP contribution in [0.25, 0.3) is 0 Å². The van der Waals surface area contributed by atoms with Crippen LogP contribution in [-0.2, 0) is 19.6 Å². The average Bonchev–Trinajstić information content (AvgIpc) is 3.20. The Hall–Kier alpha value is -0.870. The van der Waals surface area contributed by atoms with Crippen LogP contribution in [0.1, 0.15) is 28.8 Å². The number of thiophene rings is 1. The van der Waals surface area contributed by atoms with E-state index >= 15 is 0 Å². The van der Waals surface area contributed by atoms with E-state index in [4.69, 9.17) is 11.6 Å². The highest BCUT2D eigenvalue weighted by molar-refractivity contribution is 7.16. The van der Waals surface area contributed by atoms with Gasteiger partial charge < -0.3 is 5.32 Å². The van der Waals surface area contributed by atoms with Gasteiger partial charge in [-0.1, -0.05) is 35.9 Å². The van der Waals surface area contributed by atoms with Crippen molar-refractivity contribution in [1.29, 1.82) is 0 Å². The molecule has 0 amide bonds. The highest BCUT2D eigenvalue weighted by atomic mass is 35.5. The van der Waals surface area contributed by atoms with E-state index in [9.17, 15) is 0 Å². The third-order valence-corrected chi connectivity index (χ3v) is 4.99. The van der Waals surface area contributed by atoms with E-state index in [0.717, 1.165) is 30.0 Å². The minimum Gasteiger partial charge on any atom is -0.310 e. The van der Waals surface area contributed by atoms with Crippen molar-refractivity contribution in [2.45, 2.75) is 38.5 Å². The van der Waals surface area contributed by atoms with Gasteiger partial charge in [-0.3, -0.25) is 4.90 Å². The van der Waals surface area contributed by atoms with Gasteiger partial charge in [-0.05, 0) is 43.1 Å². The Morgan fingerprint density at radius 1 is 1.14 bits per heavy atom. The molecule has 21 heavy (non-hydrogen) atoms. The Morgan fingerprint density at radius 3 is 2.57 bits per heavy atom. The van der Waals surface area contributed by atoms with Crippen LogP contribution in [0, 0.1) is 0 Å². The SMILES string of the molecule is CN(Cc1ccc(Cl)s1)Cc1ccccc1CNC1CC1. The maximum Gasteiger partial charge on any atom is 0.0931 e. The molecule has 0 atom stereocenters. The van der Waals surface area contributed by atoms with Gasteiger partial charge in [-0.15, -0.1) is 11.3 Å². The Bertz CT molecular complexity index is 592. The molecule has 2 aromatic rings. The third kappa shape index (κ3) is 4.55. The Balaban J connectivity index is 1.60. The van der Waals surface area contributed by atoms with Gasteiger partial charge in [-0.2, -0.15) is 0 Å². The van der Waals surface area contributed by atoms with Crippen LogP contribution in [0.3, 0.4) is 0 Å². The van der Waals surface area contributed by atoms with Gasteiger partial charge in [0.05, 0.1) is 4.34 Å². The second kappa shape index (κ2) is 6.93. The maximum absolute atomic E-state index is 6.00. The summed E-state index contributed by atoms with van der Waals surface area (Å²) in [5, 5.41) is 3.61. The summed E-state index contributed by atoms with van der Waals surface area (Å²) in [6.45, 7) is 2.90. The lowest BCUT2D eigenvalue weighted by molar-refractivity contribution is 0.320.